The fourth-order valence-electron chi connectivity index (χ4n) is 3.53. The first-order valence-electron chi connectivity index (χ1n) is 8.45. The Balaban J connectivity index is 1.76. The third-order valence-electron chi connectivity index (χ3n) is 4.76. The first-order valence-corrected chi connectivity index (χ1v) is 8.45. The highest BCUT2D eigenvalue weighted by molar-refractivity contribution is 6.49. The molecule has 25 heavy (non-hydrogen) atoms. The predicted molar refractivity (Wildman–Crippen MR) is 95.2 cm³/mol. The number of aliphatic hydroxyl groups excluding tert-OH is 1. The minimum Gasteiger partial charge on any atom is -0.432 e. The van der Waals surface area contributed by atoms with Crippen LogP contribution in [0.25, 0.3) is 11.1 Å². The van der Waals surface area contributed by atoms with Gasteiger partial charge in [-0.2, -0.15) is 0 Å². The van der Waals surface area contributed by atoms with Crippen molar-refractivity contribution < 1.29 is 19.3 Å². The van der Waals surface area contributed by atoms with Crippen molar-refractivity contribution in [1.29, 1.82) is 0 Å². The SMILES string of the molecule is CB(O)N1C(=O)C(CO)C[C@H]1Cc1ccc(-c2cccc(F)c2)cc1. The second-order valence-corrected chi connectivity index (χ2v) is 6.56. The van der Waals surface area contributed by atoms with Gasteiger partial charge in [-0.3, -0.25) is 4.79 Å². The van der Waals surface area contributed by atoms with Crippen molar-refractivity contribution in [2.24, 2.45) is 5.92 Å². The summed E-state index contributed by atoms with van der Waals surface area (Å²) in [6, 6.07) is 14.1. The Labute approximate surface area is 147 Å². The Morgan fingerprint density at radius 2 is 1.92 bits per heavy atom. The van der Waals surface area contributed by atoms with Crippen LogP contribution >= 0.6 is 0 Å². The molecule has 0 radical (unpaired) electrons. The number of nitrogens with zero attached hydrogens (tertiary/aromatic N) is 1. The second kappa shape index (κ2) is 7.37. The molecule has 0 bridgehead atoms. The molecule has 2 atom stereocenters. The third-order valence-corrected chi connectivity index (χ3v) is 4.76. The maximum atomic E-state index is 13.3. The number of carbonyl (C=O) groups excluding carboxylic acids is 1. The molecule has 2 aromatic rings. The summed E-state index contributed by atoms with van der Waals surface area (Å²) in [7, 11) is -0.874. The van der Waals surface area contributed by atoms with Gasteiger partial charge in [0.2, 0.25) is 5.91 Å². The van der Waals surface area contributed by atoms with E-state index in [1.165, 1.54) is 16.9 Å². The minimum atomic E-state index is -0.874. The molecular weight excluding hydrogens is 320 g/mol. The molecule has 3 rings (SSSR count). The summed E-state index contributed by atoms with van der Waals surface area (Å²) in [5.74, 6) is -0.904. The summed E-state index contributed by atoms with van der Waals surface area (Å²) in [6.07, 6.45) is 1.14. The lowest BCUT2D eigenvalue weighted by atomic mass is 9.83. The van der Waals surface area contributed by atoms with Gasteiger partial charge in [0.15, 0.2) is 0 Å². The Hall–Kier alpha value is -2.18. The van der Waals surface area contributed by atoms with E-state index in [1.54, 1.807) is 12.9 Å². The average Bonchev–Trinajstić information content (AvgIpc) is 2.91. The maximum absolute atomic E-state index is 13.3. The molecule has 1 aliphatic heterocycles. The van der Waals surface area contributed by atoms with Gasteiger partial charge in [0, 0.05) is 6.04 Å². The molecule has 1 amide bonds. The molecule has 0 spiro atoms. The molecule has 0 aliphatic carbocycles. The van der Waals surface area contributed by atoms with Crippen molar-refractivity contribution in [3.05, 3.63) is 59.9 Å². The topological polar surface area (TPSA) is 60.8 Å². The van der Waals surface area contributed by atoms with Crippen LogP contribution in [-0.2, 0) is 11.2 Å². The molecule has 2 N–H and O–H groups in total. The summed E-state index contributed by atoms with van der Waals surface area (Å²) in [4.78, 5) is 13.7. The first-order chi connectivity index (χ1) is 12.0. The molecule has 1 fully saturated rings. The van der Waals surface area contributed by atoms with Crippen LogP contribution < -0.4 is 0 Å². The number of halogens is 1. The minimum absolute atomic E-state index is 0.135. The van der Waals surface area contributed by atoms with Gasteiger partial charge in [-0.15, -0.1) is 0 Å². The Morgan fingerprint density at radius 3 is 2.52 bits per heavy atom. The summed E-state index contributed by atoms with van der Waals surface area (Å²) < 4.78 is 13.3. The molecule has 130 valence electrons. The van der Waals surface area contributed by atoms with Crippen LogP contribution in [0.3, 0.4) is 0 Å². The van der Waals surface area contributed by atoms with Gasteiger partial charge in [0.25, 0.3) is 0 Å². The summed E-state index contributed by atoms with van der Waals surface area (Å²) in [6.45, 7) is 1.37. The lowest BCUT2D eigenvalue weighted by Gasteiger charge is -2.25. The van der Waals surface area contributed by atoms with Crippen LogP contribution in [0.1, 0.15) is 12.0 Å². The third kappa shape index (κ3) is 3.75. The van der Waals surface area contributed by atoms with Gasteiger partial charge in [0.1, 0.15) is 5.82 Å². The Morgan fingerprint density at radius 1 is 1.20 bits per heavy atom. The zero-order valence-electron chi connectivity index (χ0n) is 14.1. The van der Waals surface area contributed by atoms with Crippen LogP contribution in [0.15, 0.2) is 48.5 Å². The molecule has 1 unspecified atom stereocenters. The highest BCUT2D eigenvalue weighted by atomic mass is 19.1. The van der Waals surface area contributed by atoms with E-state index in [4.69, 9.17) is 0 Å². The highest BCUT2D eigenvalue weighted by Gasteiger charge is 2.42. The fraction of sp³-hybridized carbons (Fsp3) is 0.316. The van der Waals surface area contributed by atoms with Gasteiger partial charge >= 0.3 is 7.05 Å². The van der Waals surface area contributed by atoms with Gasteiger partial charge in [-0.05, 0) is 48.5 Å². The van der Waals surface area contributed by atoms with Crippen LogP contribution in [-0.4, -0.2) is 40.5 Å². The fourth-order valence-corrected chi connectivity index (χ4v) is 3.53. The van der Waals surface area contributed by atoms with E-state index in [1.807, 2.05) is 30.3 Å². The van der Waals surface area contributed by atoms with Crippen molar-refractivity contribution in [3.63, 3.8) is 0 Å². The molecule has 0 saturated carbocycles. The van der Waals surface area contributed by atoms with Gasteiger partial charge in [-0.1, -0.05) is 36.4 Å². The lowest BCUT2D eigenvalue weighted by molar-refractivity contribution is -0.129. The second-order valence-electron chi connectivity index (χ2n) is 6.56. The van der Waals surface area contributed by atoms with Crippen molar-refractivity contribution in [1.82, 2.24) is 4.81 Å². The normalized spacial score (nSPS) is 20.2. The van der Waals surface area contributed by atoms with E-state index >= 15 is 0 Å². The molecule has 4 nitrogen and oxygen atoms in total. The zero-order chi connectivity index (χ0) is 18.0. The van der Waals surface area contributed by atoms with E-state index in [0.717, 1.165) is 16.7 Å². The monoisotopic (exact) mass is 341 g/mol. The summed E-state index contributed by atoms with van der Waals surface area (Å²) in [5, 5.41) is 19.2. The largest absolute Gasteiger partial charge is 0.432 e. The van der Waals surface area contributed by atoms with E-state index in [0.29, 0.717) is 12.8 Å². The predicted octanol–water partition coefficient (Wildman–Crippen LogP) is 2.35. The highest BCUT2D eigenvalue weighted by Crippen LogP contribution is 2.28. The van der Waals surface area contributed by atoms with Crippen molar-refractivity contribution in [2.45, 2.75) is 25.7 Å². The van der Waals surface area contributed by atoms with Gasteiger partial charge < -0.3 is 14.9 Å². The van der Waals surface area contributed by atoms with E-state index in [9.17, 15) is 19.3 Å². The molecule has 1 saturated heterocycles. The maximum Gasteiger partial charge on any atom is 0.412 e. The lowest BCUT2D eigenvalue weighted by Crippen LogP contribution is -2.45. The van der Waals surface area contributed by atoms with Crippen molar-refractivity contribution in [2.75, 3.05) is 6.61 Å². The van der Waals surface area contributed by atoms with Gasteiger partial charge in [0.05, 0.1) is 12.5 Å². The van der Waals surface area contributed by atoms with Crippen molar-refractivity contribution in [3.8, 4) is 11.1 Å². The van der Waals surface area contributed by atoms with Crippen molar-refractivity contribution >= 4 is 13.0 Å². The smallest absolute Gasteiger partial charge is 0.412 e. The molecule has 1 aliphatic rings. The molecular formula is C19H21BFNO3. The first kappa shape index (κ1) is 17.6. The number of hydrogen-bond acceptors (Lipinski definition) is 3. The van der Waals surface area contributed by atoms with Crippen LogP contribution in [0.4, 0.5) is 4.39 Å². The summed E-state index contributed by atoms with van der Waals surface area (Å²) >= 11 is 0. The quantitative estimate of drug-likeness (QED) is 0.821. The molecule has 1 heterocycles. The van der Waals surface area contributed by atoms with Crippen LogP contribution in [0.5, 0.6) is 0 Å². The number of hydrogen-bond donors (Lipinski definition) is 2. The number of benzene rings is 2. The Kier molecular flexibility index (Phi) is 5.20. The van der Waals surface area contributed by atoms with E-state index in [2.05, 4.69) is 0 Å². The standard InChI is InChI=1S/C19H21BFNO3/c1-20(25)22-18(11-16(12-23)19(22)24)9-13-5-7-14(8-6-13)15-3-2-4-17(21)10-15/h2-8,10,16,18,23,25H,9,11-12H2,1H3/t16?,18-/m1/s1. The Bertz CT molecular complexity index is 751. The van der Waals surface area contributed by atoms with E-state index in [-0.39, 0.29) is 24.4 Å². The number of rotatable bonds is 5. The van der Waals surface area contributed by atoms with E-state index < -0.39 is 13.0 Å². The van der Waals surface area contributed by atoms with Gasteiger partial charge in [-0.25, -0.2) is 4.39 Å². The number of amides is 1. The zero-order valence-corrected chi connectivity index (χ0v) is 14.1. The van der Waals surface area contributed by atoms with Crippen LogP contribution in [0.2, 0.25) is 6.82 Å². The number of aliphatic hydroxyl groups is 1. The summed E-state index contributed by atoms with van der Waals surface area (Å²) in [5.41, 5.74) is 2.77. The van der Waals surface area contributed by atoms with Crippen LogP contribution in [0, 0.1) is 11.7 Å². The molecule has 6 heteroatoms. The number of carbonyl (C=O) groups is 1. The average molecular weight is 341 g/mol. The molecule has 0 aromatic heterocycles. The molecule has 2 aromatic carbocycles.